The van der Waals surface area contributed by atoms with E-state index in [9.17, 15) is 49.2 Å². The van der Waals surface area contributed by atoms with Crippen molar-refractivity contribution in [2.75, 3.05) is 47.8 Å². The highest BCUT2D eigenvalue weighted by Gasteiger charge is 2.68. The van der Waals surface area contributed by atoms with E-state index in [2.05, 4.69) is 82.7 Å². The highest BCUT2D eigenvalue weighted by Crippen LogP contribution is 2.74. The van der Waals surface area contributed by atoms with Gasteiger partial charge in [-0.3, -0.25) is 47.5 Å². The number of aliphatic hydroxyl groups is 4. The van der Waals surface area contributed by atoms with Gasteiger partial charge in [-0.05, 0) is 402 Å². The van der Waals surface area contributed by atoms with Gasteiger partial charge in [0.15, 0.2) is 40.4 Å². The molecule has 16 aliphatic rings. The average molecular weight is 1850 g/mol. The summed E-state index contributed by atoms with van der Waals surface area (Å²) in [5, 5.41) is 61.3. The second-order valence-electron chi connectivity index (χ2n) is 50.4. The van der Waals surface area contributed by atoms with Crippen LogP contribution in [0.5, 0.6) is 5.75 Å². The molecule has 134 heavy (non-hydrogen) atoms. The molecule has 0 saturated heterocycles. The van der Waals surface area contributed by atoms with E-state index >= 15 is 0 Å². The largest absolute Gasteiger partial charge is 0.491 e. The summed E-state index contributed by atoms with van der Waals surface area (Å²) in [6.45, 7) is 32.6. The van der Waals surface area contributed by atoms with Crippen molar-refractivity contribution in [1.29, 1.82) is 0 Å². The van der Waals surface area contributed by atoms with Crippen LogP contribution in [0, 0.1) is 162 Å². The molecule has 0 spiro atoms. The lowest BCUT2D eigenvalue weighted by molar-refractivity contribution is -0.164. The first-order valence-corrected chi connectivity index (χ1v) is 53.8. The molecule has 20 rings (SSSR count). The smallest absolute Gasteiger partial charge is 0.165 e. The molecule has 0 amide bonds. The number of carbonyl (C=O) groups excluding carboxylic acids is 6. The maximum Gasteiger partial charge on any atom is 0.165 e. The lowest BCUT2D eigenvalue weighted by Crippen LogP contribution is -2.56. The minimum atomic E-state index is -0.658. The lowest BCUT2D eigenvalue weighted by atomic mass is 9.44. The van der Waals surface area contributed by atoms with Crippen molar-refractivity contribution >= 4 is 34.7 Å². The van der Waals surface area contributed by atoms with Crippen molar-refractivity contribution < 1.29 is 68.1 Å². The van der Waals surface area contributed by atoms with E-state index in [4.69, 9.17) is 18.9 Å². The van der Waals surface area contributed by atoms with Crippen LogP contribution in [-0.4, -0.2) is 164 Å². The molecule has 4 N–H and O–H groups in total. The number of fused-ring (bicyclic) bond motifs is 20. The number of nitrogens with zero attached hydrogens (tertiary/aromatic N) is 8. The molecule has 22 heteroatoms. The Morgan fingerprint density at radius 1 is 0.343 bits per heavy atom. The summed E-state index contributed by atoms with van der Waals surface area (Å²) in [6, 6.07) is 0. The summed E-state index contributed by atoms with van der Waals surface area (Å²) in [5.41, 5.74) is 1.68. The summed E-state index contributed by atoms with van der Waals surface area (Å²) in [6.07, 6.45) is 55.3. The van der Waals surface area contributed by atoms with Gasteiger partial charge in [-0.25, -0.2) is 0 Å². The maximum atomic E-state index is 13.5. The van der Waals surface area contributed by atoms with Gasteiger partial charge < -0.3 is 39.4 Å². The van der Waals surface area contributed by atoms with Crippen LogP contribution < -0.4 is 4.74 Å². The van der Waals surface area contributed by atoms with E-state index < -0.39 is 22.4 Å². The van der Waals surface area contributed by atoms with Crippen molar-refractivity contribution in [3.05, 3.63) is 66.3 Å². The Kier molecular flexibility index (Phi) is 28.6. The zero-order valence-electron chi connectivity index (χ0n) is 85.1. The molecule has 4 aromatic heterocycles. The van der Waals surface area contributed by atoms with Crippen LogP contribution in [0.4, 0.5) is 0 Å². The van der Waals surface area contributed by atoms with E-state index in [-0.39, 0.29) is 75.8 Å². The van der Waals surface area contributed by atoms with Crippen LogP contribution in [0.3, 0.4) is 0 Å². The molecule has 16 aliphatic carbocycles. The van der Waals surface area contributed by atoms with E-state index in [0.29, 0.717) is 155 Å². The summed E-state index contributed by atoms with van der Waals surface area (Å²) in [5.74, 6) is 13.4. The second kappa shape index (κ2) is 38.3. The number of hydrogen-bond donors (Lipinski definition) is 4. The molecule has 4 aromatic rings. The van der Waals surface area contributed by atoms with Crippen LogP contribution >= 0.6 is 0 Å². The Morgan fingerprint density at radius 2 is 0.649 bits per heavy atom. The Balaban J connectivity index is 0.000000124. The average Bonchev–Trinajstić information content (AvgIpc) is 1.37. The van der Waals surface area contributed by atoms with Crippen LogP contribution in [0.25, 0.3) is 0 Å². The monoisotopic (exact) mass is 1850 g/mol. The van der Waals surface area contributed by atoms with Crippen molar-refractivity contribution in [3.63, 3.8) is 0 Å². The molecule has 32 atom stereocenters. The van der Waals surface area contributed by atoms with E-state index in [0.717, 1.165) is 176 Å². The fraction of sp³-hybridized carbons (Fsp3) is 0.839. The third kappa shape index (κ3) is 18.3. The minimum absolute atomic E-state index is 0.0163. The molecule has 16 saturated carbocycles. The summed E-state index contributed by atoms with van der Waals surface area (Å²) < 4.78 is 28.6. The Labute approximate surface area is 801 Å². The van der Waals surface area contributed by atoms with Gasteiger partial charge in [0.2, 0.25) is 0 Å². The van der Waals surface area contributed by atoms with Gasteiger partial charge in [-0.2, -0.15) is 20.4 Å². The predicted octanol–water partition coefficient (Wildman–Crippen LogP) is 20.1. The molecule has 0 radical (unpaired) electrons. The summed E-state index contributed by atoms with van der Waals surface area (Å²) in [4.78, 5) is 77.4. The van der Waals surface area contributed by atoms with E-state index in [1.165, 1.54) is 115 Å². The number of ether oxygens (including phenoxy) is 4. The van der Waals surface area contributed by atoms with Gasteiger partial charge >= 0.3 is 0 Å². The fourth-order valence-electron chi connectivity index (χ4n) is 36.6. The molecular weight excluding hydrogens is 1680 g/mol. The van der Waals surface area contributed by atoms with Gasteiger partial charge in [0.1, 0.15) is 0 Å². The topological polar surface area (TPSA) is 292 Å². The number of hydrogen-bond acceptors (Lipinski definition) is 18. The number of aryl methyl sites for hydroxylation is 1. The molecular formula is C112H172N8O14. The van der Waals surface area contributed by atoms with Crippen molar-refractivity contribution in [2.45, 2.75) is 383 Å². The van der Waals surface area contributed by atoms with E-state index in [1.54, 1.807) is 66.4 Å². The minimum Gasteiger partial charge on any atom is -0.491 e. The quantitative estimate of drug-likeness (QED) is 0.0474. The normalized spacial score (nSPS) is 44.1. The molecule has 4 heterocycles. The number of methoxy groups -OCH3 is 3. The molecule has 0 bridgehead atoms. The highest BCUT2D eigenvalue weighted by atomic mass is 16.5. The Hall–Kier alpha value is -5.62. The van der Waals surface area contributed by atoms with Crippen LogP contribution in [0.1, 0.15) is 354 Å². The number of carbonyl (C=O) groups is 6. The summed E-state index contributed by atoms with van der Waals surface area (Å²) in [7, 11) is 5.10. The first-order chi connectivity index (χ1) is 63.6. The second-order valence-corrected chi connectivity index (χ2v) is 50.4. The SMILES string of the molecule is CCC(=O)c1cnn(CC(=O)[C@H]2CC[C@H]3[C@@H]4CC[C@H]5C[C@](C)(O)CC[C@]5(C)[C@H]4CC[C@]23C)c1.CCOc1cnn(CC(=O)[C@H]2CC[C@H]3[C@@H]4CC[C@H]5C[C@@](O)(COC)CC[C@]5(C)[C@H]4CC[C@]23C)c1.CCc1cnn(CC(=O)[C@H]2CC[C@H]3[C@@H]4CC[C@H]5C[C@@](O)(COC)CC[C@]5(C)[C@H]4CC[C@]23C)c1.COC[C@@]1(O)CC[C@@]2(C)[C@@H](CC[C@@H]3[C@@H]2CC[C@]2(C)[C@@H](C(=O)Cn4cc(C(C)=O)cn4)CC[C@@H]32)C1. The highest BCUT2D eigenvalue weighted by molar-refractivity contribution is 5.95. The van der Waals surface area contributed by atoms with Gasteiger partial charge in [-0.1, -0.05) is 69.2 Å². The van der Waals surface area contributed by atoms with Gasteiger partial charge in [0.05, 0.1) is 117 Å². The first-order valence-electron chi connectivity index (χ1n) is 53.8. The number of aromatic nitrogens is 8. The van der Waals surface area contributed by atoms with Gasteiger partial charge in [0, 0.05) is 70.0 Å². The Bertz CT molecular complexity index is 4850. The van der Waals surface area contributed by atoms with Crippen molar-refractivity contribution in [1.82, 2.24) is 39.1 Å². The zero-order valence-corrected chi connectivity index (χ0v) is 85.1. The fourth-order valence-corrected chi connectivity index (χ4v) is 36.6. The van der Waals surface area contributed by atoms with Gasteiger partial charge in [0.25, 0.3) is 0 Å². The van der Waals surface area contributed by atoms with Gasteiger partial charge in [-0.15, -0.1) is 0 Å². The molecule has 744 valence electrons. The molecule has 16 fully saturated rings. The van der Waals surface area contributed by atoms with Crippen LogP contribution in [0.2, 0.25) is 0 Å². The number of rotatable bonds is 24. The number of ketones is 6. The third-order valence-corrected chi connectivity index (χ3v) is 43.8. The molecule has 0 aromatic carbocycles. The third-order valence-electron chi connectivity index (χ3n) is 43.8. The maximum absolute atomic E-state index is 13.5. The van der Waals surface area contributed by atoms with Crippen molar-refractivity contribution in [3.8, 4) is 5.75 Å². The van der Waals surface area contributed by atoms with E-state index in [1.807, 2.05) is 44.0 Å². The summed E-state index contributed by atoms with van der Waals surface area (Å²) >= 11 is 0. The molecule has 0 unspecified atom stereocenters. The molecule has 0 aliphatic heterocycles. The zero-order chi connectivity index (χ0) is 95.5. The number of Topliss-reactive ketones (excluding diaryl/α,β-unsaturated/α-hetero) is 6. The van der Waals surface area contributed by atoms with Crippen LogP contribution in [-0.2, 0) is 66.0 Å². The predicted molar refractivity (Wildman–Crippen MR) is 516 cm³/mol. The lowest BCUT2D eigenvalue weighted by Gasteiger charge is -2.62. The van der Waals surface area contributed by atoms with Crippen LogP contribution in [0.15, 0.2) is 49.6 Å². The molecule has 22 nitrogen and oxygen atoms in total. The standard InChI is InChI=1S/C28H42N2O4.C28H44N2O4.C28H44N2O3.C28H42N2O3/c1-18(31)19-14-29-30(15-19)16-25(32)24-8-7-22-21-6-5-20-13-28(33,17-34-4)12-11-26(20,2)23(21)9-10-27(22,24)3;1-5-34-20-15-29-30(16-20)17-25(31)24-9-8-22-21-7-6-19-14-28(32,18-33-4)13-12-26(19,2)23(21)10-11-27(22,24)3;1-5-19-15-29-30(16-19)17-25(31)24-9-8-22-21-7-6-20-14-28(32,18-33-4)13-12-26(20,2)23(21)10-11-27(22,24)3;1-5-24(31)18-15-29-30(16-18)17-25(32)23-9-8-21-20-7-6-19-14-26(2,33)12-13-27(19,3)22(20)10-11-28(21,23)4/h14-15,20-24,33H,5-13,16-17H2,1-4H3;15-16,19,21-24,32H,5-14,17-18H2,1-4H3;15-16,20-24,32H,5-14,17-18H2,1-4H3;15-16,19-23,33H,5-14,17H2,1-4H3/t20-,21-,22-,23-,24+,26-,27-,28+;19-,21-,22-,23-,24+,26-,27-,28+;20-,21-,22-,23-,24+,26-,27-,28+;19-,20-,21-,22-,23+,26+,27-,28-/m0000/s1. The Morgan fingerprint density at radius 3 is 0.970 bits per heavy atom. The van der Waals surface area contributed by atoms with Crippen molar-refractivity contribution in [2.24, 2.45) is 162 Å². The first kappa shape index (κ1) is 99.9.